The van der Waals surface area contributed by atoms with Gasteiger partial charge in [-0.25, -0.2) is 9.59 Å². The highest BCUT2D eigenvalue weighted by atomic mass is 16.6. The molecule has 3 unspecified atom stereocenters. The van der Waals surface area contributed by atoms with E-state index < -0.39 is 53.2 Å². The smallest absolute Gasteiger partial charge is 0.408 e. The molecule has 0 fully saturated rings. The third kappa shape index (κ3) is 11.7. The second-order valence-corrected chi connectivity index (χ2v) is 13.7. The molecule has 2 rings (SSSR count). The zero-order chi connectivity index (χ0) is 34.1. The second-order valence-electron chi connectivity index (χ2n) is 13.7. The first-order valence-corrected chi connectivity index (χ1v) is 15.4. The van der Waals surface area contributed by atoms with Crippen molar-refractivity contribution in [2.75, 3.05) is 6.54 Å². The summed E-state index contributed by atoms with van der Waals surface area (Å²) in [6.07, 6.45) is 0.975. The first kappa shape index (κ1) is 37.0. The molecule has 0 radical (unpaired) electrons. The molecular weight excluding hydrogens is 570 g/mol. The summed E-state index contributed by atoms with van der Waals surface area (Å²) in [4.78, 5) is 56.4. The monoisotopic (exact) mass is 621 g/mol. The van der Waals surface area contributed by atoms with E-state index in [2.05, 4.69) is 17.2 Å². The van der Waals surface area contributed by atoms with E-state index in [1.807, 2.05) is 62.4 Å². The maximum atomic E-state index is 14.4. The van der Waals surface area contributed by atoms with Gasteiger partial charge in [-0.15, -0.1) is 6.58 Å². The highest BCUT2D eigenvalue weighted by Crippen LogP contribution is 2.28. The first-order valence-electron chi connectivity index (χ1n) is 15.4. The lowest BCUT2D eigenvalue weighted by atomic mass is 9.94. The average Bonchev–Trinajstić information content (AvgIpc) is 2.91. The fraction of sp³-hybridized carbons (Fsp3) is 0.500. The van der Waals surface area contributed by atoms with E-state index in [4.69, 9.17) is 9.47 Å². The Hall–Kier alpha value is -4.14. The fourth-order valence-electron chi connectivity index (χ4n) is 4.76. The van der Waals surface area contributed by atoms with Gasteiger partial charge in [0.2, 0.25) is 11.8 Å². The highest BCUT2D eigenvalue weighted by molar-refractivity contribution is 5.94. The topological polar surface area (TPSA) is 114 Å². The number of carbonyl (C=O) groups excluding carboxylic acids is 4. The van der Waals surface area contributed by atoms with Crippen LogP contribution in [0.15, 0.2) is 61.2 Å². The minimum absolute atomic E-state index is 0.000685. The summed E-state index contributed by atoms with van der Waals surface area (Å²) in [5.74, 6) is -1.99. The Morgan fingerprint density at radius 3 is 2.02 bits per heavy atom. The van der Waals surface area contributed by atoms with Crippen molar-refractivity contribution in [1.29, 1.82) is 0 Å². The van der Waals surface area contributed by atoms with Crippen molar-refractivity contribution in [2.24, 2.45) is 5.92 Å². The second kappa shape index (κ2) is 15.7. The van der Waals surface area contributed by atoms with Crippen LogP contribution in [-0.2, 0) is 30.3 Å². The molecule has 3 atom stereocenters. The van der Waals surface area contributed by atoms with E-state index in [1.165, 1.54) is 11.0 Å². The number of nitrogens with zero attached hydrogens (tertiary/aromatic N) is 1. The summed E-state index contributed by atoms with van der Waals surface area (Å²) < 4.78 is 11.1. The number of carbonyl (C=O) groups is 4. The SMILES string of the molecule is C=CCN(C(=O)C(NC(=O)OC(C)(C)C)C(C)C)C(C(=O)NC(Cc1ccccc1)C(=O)OC(C)(C)C)c1cc(C)ccc1C. The molecule has 246 valence electrons. The minimum Gasteiger partial charge on any atom is -0.458 e. The van der Waals surface area contributed by atoms with E-state index in [0.717, 1.165) is 16.7 Å². The predicted molar refractivity (Wildman–Crippen MR) is 176 cm³/mol. The molecule has 2 N–H and O–H groups in total. The van der Waals surface area contributed by atoms with Gasteiger partial charge in [-0.3, -0.25) is 9.59 Å². The lowest BCUT2D eigenvalue weighted by molar-refractivity contribution is -0.159. The van der Waals surface area contributed by atoms with Crippen molar-refractivity contribution >= 4 is 23.9 Å². The van der Waals surface area contributed by atoms with Crippen LogP contribution in [0, 0.1) is 19.8 Å². The maximum Gasteiger partial charge on any atom is 0.408 e. The molecule has 0 aliphatic heterocycles. The summed E-state index contributed by atoms with van der Waals surface area (Å²) in [7, 11) is 0. The number of nitrogens with one attached hydrogen (secondary N) is 2. The Balaban J connectivity index is 2.63. The minimum atomic E-state index is -1.15. The number of hydrogen-bond acceptors (Lipinski definition) is 6. The molecule has 9 heteroatoms. The van der Waals surface area contributed by atoms with Crippen LogP contribution >= 0.6 is 0 Å². The molecule has 2 aromatic carbocycles. The molecule has 0 heterocycles. The van der Waals surface area contributed by atoms with Gasteiger partial charge in [0.15, 0.2) is 0 Å². The van der Waals surface area contributed by atoms with E-state index in [0.29, 0.717) is 5.56 Å². The van der Waals surface area contributed by atoms with E-state index in [1.54, 1.807) is 55.4 Å². The lowest BCUT2D eigenvalue weighted by Crippen LogP contribution is -2.56. The summed E-state index contributed by atoms with van der Waals surface area (Å²) in [6.45, 7) is 21.7. The number of alkyl carbamates (subject to hydrolysis) is 1. The lowest BCUT2D eigenvalue weighted by Gasteiger charge is -2.36. The van der Waals surface area contributed by atoms with Crippen LogP contribution < -0.4 is 10.6 Å². The van der Waals surface area contributed by atoms with Crippen molar-refractivity contribution in [3.8, 4) is 0 Å². The van der Waals surface area contributed by atoms with Crippen molar-refractivity contribution in [3.05, 3.63) is 83.4 Å². The standard InChI is InChI=1S/C36H51N3O6/c1-12-20-39(32(41)29(23(2)3)38-34(43)45-36(9,10)11)30(27-21-24(4)18-19-25(27)5)31(40)37-28(33(42)44-35(6,7)8)22-26-16-14-13-15-17-26/h12-19,21,23,28-30H,1,20,22H2,2-11H3,(H,37,40)(H,38,43). The normalized spacial score (nSPS) is 13.7. The van der Waals surface area contributed by atoms with Crippen molar-refractivity contribution in [2.45, 2.75) is 105 Å². The number of benzene rings is 2. The Labute approximate surface area is 268 Å². The first-order chi connectivity index (χ1) is 20.8. The molecule has 2 aromatic rings. The average molecular weight is 622 g/mol. The molecule has 0 aromatic heterocycles. The largest absolute Gasteiger partial charge is 0.458 e. The zero-order valence-electron chi connectivity index (χ0n) is 28.5. The number of amides is 3. The van der Waals surface area contributed by atoms with Crippen LogP contribution in [0.2, 0.25) is 0 Å². The molecule has 45 heavy (non-hydrogen) atoms. The van der Waals surface area contributed by atoms with E-state index >= 15 is 0 Å². The van der Waals surface area contributed by atoms with E-state index in [9.17, 15) is 19.2 Å². The highest BCUT2D eigenvalue weighted by Gasteiger charge is 2.39. The summed E-state index contributed by atoms with van der Waals surface area (Å²) >= 11 is 0. The van der Waals surface area contributed by atoms with Crippen LogP contribution in [0.25, 0.3) is 0 Å². The molecule has 0 bridgehead atoms. The van der Waals surface area contributed by atoms with Gasteiger partial charge in [0.25, 0.3) is 0 Å². The number of hydrogen-bond donors (Lipinski definition) is 2. The molecule has 0 aliphatic rings. The predicted octanol–water partition coefficient (Wildman–Crippen LogP) is 5.98. The Morgan fingerprint density at radius 1 is 0.889 bits per heavy atom. The molecule has 9 nitrogen and oxygen atoms in total. The number of esters is 1. The molecular formula is C36H51N3O6. The fourth-order valence-corrected chi connectivity index (χ4v) is 4.76. The number of rotatable bonds is 12. The van der Waals surface area contributed by atoms with Gasteiger partial charge in [0, 0.05) is 13.0 Å². The van der Waals surface area contributed by atoms with Gasteiger partial charge < -0.3 is 25.0 Å². The zero-order valence-corrected chi connectivity index (χ0v) is 28.5. The van der Waals surface area contributed by atoms with Gasteiger partial charge in [-0.1, -0.05) is 74.0 Å². The third-order valence-corrected chi connectivity index (χ3v) is 6.79. The summed E-state index contributed by atoms with van der Waals surface area (Å²) in [5, 5.41) is 5.62. The Bertz CT molecular complexity index is 1340. The molecule has 0 saturated heterocycles. The Morgan fingerprint density at radius 2 is 1.49 bits per heavy atom. The van der Waals surface area contributed by atoms with Gasteiger partial charge in [0.1, 0.15) is 29.3 Å². The van der Waals surface area contributed by atoms with Gasteiger partial charge >= 0.3 is 12.1 Å². The van der Waals surface area contributed by atoms with Crippen molar-refractivity contribution in [1.82, 2.24) is 15.5 Å². The summed E-state index contributed by atoms with van der Waals surface area (Å²) in [5.41, 5.74) is 1.53. The van der Waals surface area contributed by atoms with Crippen molar-refractivity contribution < 1.29 is 28.7 Å². The maximum absolute atomic E-state index is 14.4. The quantitative estimate of drug-likeness (QED) is 0.223. The third-order valence-electron chi connectivity index (χ3n) is 6.79. The van der Waals surface area contributed by atoms with Crippen LogP contribution in [0.3, 0.4) is 0 Å². The van der Waals surface area contributed by atoms with Crippen LogP contribution in [-0.4, -0.2) is 58.6 Å². The molecule has 0 spiro atoms. The van der Waals surface area contributed by atoms with Gasteiger partial charge in [-0.2, -0.15) is 0 Å². The summed E-state index contributed by atoms with van der Waals surface area (Å²) in [6, 6.07) is 11.8. The number of aryl methyl sites for hydroxylation is 2. The molecule has 3 amide bonds. The Kier molecular flexibility index (Phi) is 13.0. The van der Waals surface area contributed by atoms with Crippen molar-refractivity contribution in [3.63, 3.8) is 0 Å². The molecule has 0 saturated carbocycles. The van der Waals surface area contributed by atoms with Crippen LogP contribution in [0.5, 0.6) is 0 Å². The van der Waals surface area contributed by atoms with Crippen LogP contribution in [0.4, 0.5) is 4.79 Å². The van der Waals surface area contributed by atoms with Crippen LogP contribution in [0.1, 0.15) is 83.7 Å². The molecule has 0 aliphatic carbocycles. The number of ether oxygens (including phenoxy) is 2. The van der Waals surface area contributed by atoms with Gasteiger partial charge in [0.05, 0.1) is 0 Å². The van der Waals surface area contributed by atoms with E-state index in [-0.39, 0.29) is 18.9 Å². The van der Waals surface area contributed by atoms with Gasteiger partial charge in [-0.05, 0) is 78.0 Å².